The summed E-state index contributed by atoms with van der Waals surface area (Å²) < 4.78 is 0. The van der Waals surface area contributed by atoms with E-state index >= 15 is 0 Å². The Morgan fingerprint density at radius 3 is 2.46 bits per heavy atom. The van der Waals surface area contributed by atoms with Crippen LogP contribution in [0.25, 0.3) is 0 Å². The van der Waals surface area contributed by atoms with Gasteiger partial charge >= 0.3 is 0 Å². The number of nitrogens with one attached hydrogen (secondary N) is 1. The fourth-order valence-corrected chi connectivity index (χ4v) is 3.02. The number of halogens is 1. The van der Waals surface area contributed by atoms with Crippen LogP contribution in [-0.2, 0) is 0 Å². The predicted octanol–water partition coefficient (Wildman–Crippen LogP) is 4.09. The van der Waals surface area contributed by atoms with E-state index in [4.69, 9.17) is 11.6 Å². The predicted molar refractivity (Wildman–Crippen MR) is 99.0 cm³/mol. The quantitative estimate of drug-likeness (QED) is 0.672. The summed E-state index contributed by atoms with van der Waals surface area (Å²) in [6, 6.07) is 15.1. The van der Waals surface area contributed by atoms with Crippen LogP contribution in [0.3, 0.4) is 0 Å². The van der Waals surface area contributed by atoms with Gasteiger partial charge < -0.3 is 4.90 Å². The van der Waals surface area contributed by atoms with E-state index in [2.05, 4.69) is 27.6 Å². The van der Waals surface area contributed by atoms with Gasteiger partial charge in [0.15, 0.2) is 0 Å². The lowest BCUT2D eigenvalue weighted by molar-refractivity contribution is 0.0955. The molecule has 2 aromatic rings. The molecule has 1 amide bonds. The molecular weight excluding hydrogens is 322 g/mol. The minimum absolute atomic E-state index is 0.318. The number of amides is 1. The molecule has 0 unspecified atom stereocenters. The zero-order valence-electron chi connectivity index (χ0n) is 13.4. The van der Waals surface area contributed by atoms with E-state index in [1.165, 1.54) is 24.9 Å². The number of carbonyl (C=O) groups excluding carboxylic acids is 1. The monoisotopic (exact) mass is 341 g/mol. The van der Waals surface area contributed by atoms with Gasteiger partial charge in [-0.3, -0.25) is 4.79 Å². The van der Waals surface area contributed by atoms with E-state index in [-0.39, 0.29) is 5.91 Å². The molecule has 3 rings (SSSR count). The molecule has 2 aromatic carbocycles. The summed E-state index contributed by atoms with van der Waals surface area (Å²) in [6.07, 6.45) is 5.48. The highest BCUT2D eigenvalue weighted by Gasteiger charge is 2.10. The van der Waals surface area contributed by atoms with Crippen molar-refractivity contribution in [2.24, 2.45) is 5.10 Å². The van der Waals surface area contributed by atoms with Crippen molar-refractivity contribution in [1.29, 1.82) is 0 Å². The normalized spacial score (nSPS) is 14.8. The second-order valence-corrected chi connectivity index (χ2v) is 6.23. The van der Waals surface area contributed by atoms with E-state index in [0.29, 0.717) is 10.6 Å². The first kappa shape index (κ1) is 16.5. The van der Waals surface area contributed by atoms with Gasteiger partial charge in [-0.2, -0.15) is 5.10 Å². The molecule has 124 valence electrons. The third-order valence-electron chi connectivity index (χ3n) is 4.11. The standard InChI is InChI=1S/C19H20ClN3O/c20-18-7-3-2-6-17(18)19(24)22-21-14-15-8-10-16(11-9-15)23-12-4-1-5-13-23/h2-3,6-11,14H,1,4-5,12-13H2,(H,22,24)/b21-14+. The summed E-state index contributed by atoms with van der Waals surface area (Å²) in [5, 5.41) is 4.42. The molecule has 1 N–H and O–H groups in total. The van der Waals surface area contributed by atoms with E-state index in [9.17, 15) is 4.79 Å². The number of anilines is 1. The molecule has 1 aliphatic rings. The number of carbonyl (C=O) groups is 1. The first-order valence-corrected chi connectivity index (χ1v) is 8.55. The minimum Gasteiger partial charge on any atom is -0.372 e. The number of piperidine rings is 1. The van der Waals surface area contributed by atoms with E-state index in [1.807, 2.05) is 12.1 Å². The van der Waals surface area contributed by atoms with Crippen molar-refractivity contribution in [3.05, 3.63) is 64.7 Å². The van der Waals surface area contributed by atoms with Crippen molar-refractivity contribution in [2.45, 2.75) is 19.3 Å². The molecule has 0 aliphatic carbocycles. The summed E-state index contributed by atoms with van der Waals surface area (Å²) in [6.45, 7) is 2.25. The molecular formula is C19H20ClN3O. The Kier molecular flexibility index (Phi) is 5.49. The highest BCUT2D eigenvalue weighted by atomic mass is 35.5. The minimum atomic E-state index is -0.318. The second kappa shape index (κ2) is 7.97. The van der Waals surface area contributed by atoms with Crippen molar-refractivity contribution < 1.29 is 4.79 Å². The summed E-state index contributed by atoms with van der Waals surface area (Å²) in [5.41, 5.74) is 5.10. The summed E-state index contributed by atoms with van der Waals surface area (Å²) in [4.78, 5) is 14.4. The van der Waals surface area contributed by atoms with Crippen molar-refractivity contribution in [3.8, 4) is 0 Å². The third-order valence-corrected chi connectivity index (χ3v) is 4.44. The highest BCUT2D eigenvalue weighted by molar-refractivity contribution is 6.33. The molecule has 1 fully saturated rings. The molecule has 1 aliphatic heterocycles. The lowest BCUT2D eigenvalue weighted by Gasteiger charge is -2.28. The van der Waals surface area contributed by atoms with Crippen molar-refractivity contribution in [1.82, 2.24) is 5.43 Å². The van der Waals surface area contributed by atoms with Gasteiger partial charge in [-0.1, -0.05) is 35.9 Å². The highest BCUT2D eigenvalue weighted by Crippen LogP contribution is 2.19. The van der Waals surface area contributed by atoms with Crippen LogP contribution in [0.15, 0.2) is 53.6 Å². The molecule has 0 spiro atoms. The Labute approximate surface area is 147 Å². The summed E-state index contributed by atoms with van der Waals surface area (Å²) in [5.74, 6) is -0.318. The van der Waals surface area contributed by atoms with Gasteiger partial charge in [-0.25, -0.2) is 5.43 Å². The average molecular weight is 342 g/mol. The molecule has 4 nitrogen and oxygen atoms in total. The number of nitrogens with zero attached hydrogens (tertiary/aromatic N) is 2. The Morgan fingerprint density at radius 1 is 1.04 bits per heavy atom. The molecule has 24 heavy (non-hydrogen) atoms. The fraction of sp³-hybridized carbons (Fsp3) is 0.263. The van der Waals surface area contributed by atoms with Crippen molar-refractivity contribution >= 4 is 29.4 Å². The van der Waals surface area contributed by atoms with Crippen LogP contribution in [0, 0.1) is 0 Å². The molecule has 5 heteroatoms. The summed E-state index contributed by atoms with van der Waals surface area (Å²) >= 11 is 5.99. The van der Waals surface area contributed by atoms with E-state index < -0.39 is 0 Å². The SMILES string of the molecule is O=C(N/N=C/c1ccc(N2CCCCC2)cc1)c1ccccc1Cl. The Hall–Kier alpha value is -2.33. The average Bonchev–Trinajstić information content (AvgIpc) is 2.63. The molecule has 0 bridgehead atoms. The number of benzene rings is 2. The first-order valence-electron chi connectivity index (χ1n) is 8.17. The van der Waals surface area contributed by atoms with Gasteiger partial charge in [0, 0.05) is 18.8 Å². The number of hydrazone groups is 1. The molecule has 1 saturated heterocycles. The maximum Gasteiger partial charge on any atom is 0.272 e. The van der Waals surface area contributed by atoms with Gasteiger partial charge in [-0.05, 0) is 49.1 Å². The van der Waals surface area contributed by atoms with Crippen LogP contribution >= 0.6 is 11.6 Å². The van der Waals surface area contributed by atoms with E-state index in [1.54, 1.807) is 30.5 Å². The largest absolute Gasteiger partial charge is 0.372 e. The van der Waals surface area contributed by atoms with Crippen LogP contribution < -0.4 is 10.3 Å². The number of hydrogen-bond acceptors (Lipinski definition) is 3. The third kappa shape index (κ3) is 4.15. The lowest BCUT2D eigenvalue weighted by Crippen LogP contribution is -2.29. The van der Waals surface area contributed by atoms with Crippen LogP contribution in [0.5, 0.6) is 0 Å². The summed E-state index contributed by atoms with van der Waals surface area (Å²) in [7, 11) is 0. The Balaban J connectivity index is 1.58. The van der Waals surface area contributed by atoms with Crippen LogP contribution in [0.4, 0.5) is 5.69 Å². The fourth-order valence-electron chi connectivity index (χ4n) is 2.79. The van der Waals surface area contributed by atoms with Crippen molar-refractivity contribution in [3.63, 3.8) is 0 Å². The molecule has 0 radical (unpaired) electrons. The van der Waals surface area contributed by atoms with Gasteiger partial charge in [0.1, 0.15) is 0 Å². The zero-order valence-corrected chi connectivity index (χ0v) is 14.2. The molecule has 0 saturated carbocycles. The second-order valence-electron chi connectivity index (χ2n) is 5.82. The molecule has 0 atom stereocenters. The zero-order chi connectivity index (χ0) is 16.8. The number of hydrogen-bond donors (Lipinski definition) is 1. The van der Waals surface area contributed by atoms with Gasteiger partial charge in [0.2, 0.25) is 0 Å². The topological polar surface area (TPSA) is 44.7 Å². The van der Waals surface area contributed by atoms with Crippen LogP contribution in [0.1, 0.15) is 35.2 Å². The van der Waals surface area contributed by atoms with Crippen LogP contribution in [-0.4, -0.2) is 25.2 Å². The van der Waals surface area contributed by atoms with Gasteiger partial charge in [0.05, 0.1) is 16.8 Å². The van der Waals surface area contributed by atoms with E-state index in [0.717, 1.165) is 18.7 Å². The maximum absolute atomic E-state index is 12.0. The maximum atomic E-state index is 12.0. The molecule has 0 aromatic heterocycles. The first-order chi connectivity index (χ1) is 11.7. The Bertz CT molecular complexity index is 722. The molecule has 1 heterocycles. The Morgan fingerprint density at radius 2 is 1.75 bits per heavy atom. The van der Waals surface area contributed by atoms with Crippen LogP contribution in [0.2, 0.25) is 5.02 Å². The van der Waals surface area contributed by atoms with Gasteiger partial charge in [-0.15, -0.1) is 0 Å². The smallest absolute Gasteiger partial charge is 0.272 e. The van der Waals surface area contributed by atoms with Gasteiger partial charge in [0.25, 0.3) is 5.91 Å². The lowest BCUT2D eigenvalue weighted by atomic mass is 10.1. The van der Waals surface area contributed by atoms with Crippen molar-refractivity contribution in [2.75, 3.05) is 18.0 Å². The number of rotatable bonds is 4.